The van der Waals surface area contributed by atoms with E-state index in [9.17, 15) is 18.0 Å². The zero-order valence-electron chi connectivity index (χ0n) is 12.4. The van der Waals surface area contributed by atoms with Crippen molar-refractivity contribution in [3.05, 3.63) is 0 Å². The quantitative estimate of drug-likeness (QED) is 0.673. The Hall–Kier alpha value is -1.19. The fraction of sp³-hybridized carbons (Fsp3) is 0.833. The van der Waals surface area contributed by atoms with Crippen LogP contribution in [0.1, 0.15) is 19.8 Å². The van der Waals surface area contributed by atoms with Gasteiger partial charge in [-0.3, -0.25) is 9.69 Å². The summed E-state index contributed by atoms with van der Waals surface area (Å²) in [4.78, 5) is 27.1. The summed E-state index contributed by atoms with van der Waals surface area (Å²) in [5.41, 5.74) is 0. The van der Waals surface area contributed by atoms with E-state index in [1.54, 1.807) is 0 Å². The number of hydrogen-bond donors (Lipinski definition) is 1. The van der Waals surface area contributed by atoms with E-state index in [0.717, 1.165) is 6.42 Å². The van der Waals surface area contributed by atoms with E-state index < -0.39 is 16.1 Å². The molecule has 8 nitrogen and oxygen atoms in total. The minimum atomic E-state index is -3.17. The smallest absolute Gasteiger partial charge is 0.325 e. The number of sulfonamides is 1. The number of carbonyl (C=O) groups excluding carboxylic acids is 2. The summed E-state index contributed by atoms with van der Waals surface area (Å²) in [5, 5.41) is 2.68. The summed E-state index contributed by atoms with van der Waals surface area (Å²) >= 11 is 0. The van der Waals surface area contributed by atoms with Crippen LogP contribution in [0.15, 0.2) is 0 Å². The first-order chi connectivity index (χ1) is 9.82. The van der Waals surface area contributed by atoms with Crippen LogP contribution in [0.5, 0.6) is 0 Å². The molecule has 0 aromatic heterocycles. The number of nitrogens with one attached hydrogen (secondary N) is 1. The lowest BCUT2D eigenvalue weighted by Crippen LogP contribution is -2.52. The average molecular weight is 318 g/mol. The molecule has 2 aliphatic heterocycles. The molecule has 1 atom stereocenters. The van der Waals surface area contributed by atoms with Crippen LogP contribution < -0.4 is 5.32 Å². The van der Waals surface area contributed by atoms with Gasteiger partial charge in [0.25, 0.3) is 5.91 Å². The highest BCUT2D eigenvalue weighted by Gasteiger charge is 2.38. The predicted molar refractivity (Wildman–Crippen MR) is 76.9 cm³/mol. The molecule has 0 spiro atoms. The summed E-state index contributed by atoms with van der Waals surface area (Å²) in [5.74, 6) is -0.188. The predicted octanol–water partition coefficient (Wildman–Crippen LogP) is -0.758. The first-order valence-corrected chi connectivity index (χ1v) is 8.97. The fourth-order valence-electron chi connectivity index (χ4n) is 2.60. The van der Waals surface area contributed by atoms with Crippen molar-refractivity contribution in [2.45, 2.75) is 25.8 Å². The largest absolute Gasteiger partial charge is 0.326 e. The minimum Gasteiger partial charge on any atom is -0.326 e. The highest BCUT2D eigenvalue weighted by atomic mass is 32.2. The molecule has 0 aromatic carbocycles. The second kappa shape index (κ2) is 6.29. The van der Waals surface area contributed by atoms with E-state index >= 15 is 0 Å². The molecule has 120 valence electrons. The van der Waals surface area contributed by atoms with Crippen LogP contribution in [-0.2, 0) is 14.8 Å². The molecule has 0 radical (unpaired) electrons. The summed E-state index contributed by atoms with van der Waals surface area (Å²) in [6.07, 6.45) is 2.66. The summed E-state index contributed by atoms with van der Waals surface area (Å²) in [7, 11) is -3.17. The number of carbonyl (C=O) groups is 2. The minimum absolute atomic E-state index is 0.188. The van der Waals surface area contributed by atoms with Gasteiger partial charge in [-0.2, -0.15) is 4.31 Å². The first kappa shape index (κ1) is 16.2. The Kier molecular flexibility index (Phi) is 4.84. The lowest BCUT2D eigenvalue weighted by Gasteiger charge is -2.34. The van der Waals surface area contributed by atoms with E-state index in [4.69, 9.17) is 0 Å². The Labute approximate surface area is 125 Å². The molecule has 21 heavy (non-hydrogen) atoms. The molecule has 3 amide bonds. The SMILES string of the molecule is CCC[C@@H]1NC(=O)N(CN2CCN(S(C)(=O)=O)CC2)C1=O. The second-order valence-electron chi connectivity index (χ2n) is 5.48. The third-order valence-corrected chi connectivity index (χ3v) is 5.13. The number of imide groups is 1. The third kappa shape index (κ3) is 3.72. The maximum atomic E-state index is 12.1. The van der Waals surface area contributed by atoms with Gasteiger partial charge in [0.1, 0.15) is 6.04 Å². The average Bonchev–Trinajstić information content (AvgIpc) is 2.67. The zero-order chi connectivity index (χ0) is 15.6. The van der Waals surface area contributed by atoms with Gasteiger partial charge in [0.15, 0.2) is 0 Å². The summed E-state index contributed by atoms with van der Waals surface area (Å²) in [6, 6.07) is -0.774. The monoisotopic (exact) mass is 318 g/mol. The molecule has 2 heterocycles. The van der Waals surface area contributed by atoms with Crippen LogP contribution in [0, 0.1) is 0 Å². The molecule has 2 saturated heterocycles. The lowest BCUT2D eigenvalue weighted by atomic mass is 10.2. The van der Waals surface area contributed by atoms with Crippen molar-refractivity contribution in [3.63, 3.8) is 0 Å². The molecule has 0 aliphatic carbocycles. The first-order valence-electron chi connectivity index (χ1n) is 7.12. The van der Waals surface area contributed by atoms with Crippen molar-refractivity contribution in [2.75, 3.05) is 39.1 Å². The number of hydrogen-bond acceptors (Lipinski definition) is 5. The molecule has 2 rings (SSSR count). The van der Waals surface area contributed by atoms with Crippen molar-refractivity contribution in [2.24, 2.45) is 0 Å². The van der Waals surface area contributed by atoms with Crippen molar-refractivity contribution in [1.82, 2.24) is 19.4 Å². The van der Waals surface area contributed by atoms with Crippen LogP contribution in [0.25, 0.3) is 0 Å². The standard InChI is InChI=1S/C12H22N4O4S/c1-3-4-10-11(17)16(12(18)13-10)9-14-5-7-15(8-6-14)21(2,19)20/h10H,3-9H2,1-2H3,(H,13,18)/t10-/m0/s1. The Morgan fingerprint density at radius 1 is 1.19 bits per heavy atom. The Balaban J connectivity index is 1.89. The van der Waals surface area contributed by atoms with Gasteiger partial charge in [0.2, 0.25) is 10.0 Å². The van der Waals surface area contributed by atoms with E-state index in [2.05, 4.69) is 5.32 Å². The molecule has 2 aliphatic rings. The molecule has 0 saturated carbocycles. The van der Waals surface area contributed by atoms with Gasteiger partial charge in [0.05, 0.1) is 12.9 Å². The van der Waals surface area contributed by atoms with Crippen LogP contribution in [0.2, 0.25) is 0 Å². The van der Waals surface area contributed by atoms with Gasteiger partial charge in [-0.15, -0.1) is 0 Å². The Morgan fingerprint density at radius 2 is 1.81 bits per heavy atom. The van der Waals surface area contributed by atoms with Crippen molar-refractivity contribution >= 4 is 22.0 Å². The Bertz CT molecular complexity index is 513. The van der Waals surface area contributed by atoms with Gasteiger partial charge in [0, 0.05) is 26.2 Å². The summed E-state index contributed by atoms with van der Waals surface area (Å²) in [6.45, 7) is 4.00. The normalized spacial score (nSPS) is 25.4. The molecule has 0 bridgehead atoms. The second-order valence-corrected chi connectivity index (χ2v) is 7.46. The molecule has 1 N–H and O–H groups in total. The van der Waals surface area contributed by atoms with E-state index in [0.29, 0.717) is 32.6 Å². The number of rotatable bonds is 5. The zero-order valence-corrected chi connectivity index (χ0v) is 13.2. The highest BCUT2D eigenvalue weighted by Crippen LogP contribution is 2.13. The van der Waals surface area contributed by atoms with Crippen molar-refractivity contribution in [3.8, 4) is 0 Å². The number of urea groups is 1. The number of piperazine rings is 1. The molecular formula is C12H22N4O4S. The van der Waals surface area contributed by atoms with Crippen molar-refractivity contribution in [1.29, 1.82) is 0 Å². The van der Waals surface area contributed by atoms with Gasteiger partial charge < -0.3 is 5.32 Å². The molecule has 0 unspecified atom stereocenters. The summed E-state index contributed by atoms with van der Waals surface area (Å²) < 4.78 is 24.3. The van der Waals surface area contributed by atoms with Gasteiger partial charge in [-0.05, 0) is 6.42 Å². The van der Waals surface area contributed by atoms with Gasteiger partial charge in [-0.25, -0.2) is 18.1 Å². The lowest BCUT2D eigenvalue weighted by molar-refractivity contribution is -0.129. The van der Waals surface area contributed by atoms with E-state index in [1.165, 1.54) is 15.5 Å². The molecule has 9 heteroatoms. The van der Waals surface area contributed by atoms with Crippen molar-refractivity contribution < 1.29 is 18.0 Å². The van der Waals surface area contributed by atoms with Gasteiger partial charge in [-0.1, -0.05) is 13.3 Å². The Morgan fingerprint density at radius 3 is 2.33 bits per heavy atom. The van der Waals surface area contributed by atoms with E-state index in [1.807, 2.05) is 11.8 Å². The highest BCUT2D eigenvalue weighted by molar-refractivity contribution is 7.88. The van der Waals surface area contributed by atoms with Crippen LogP contribution in [0.3, 0.4) is 0 Å². The molecule has 0 aromatic rings. The molecule has 2 fully saturated rings. The van der Waals surface area contributed by atoms with Crippen LogP contribution >= 0.6 is 0 Å². The number of nitrogens with zero attached hydrogens (tertiary/aromatic N) is 3. The maximum Gasteiger partial charge on any atom is 0.325 e. The fourth-order valence-corrected chi connectivity index (χ4v) is 3.42. The van der Waals surface area contributed by atoms with Gasteiger partial charge >= 0.3 is 6.03 Å². The van der Waals surface area contributed by atoms with E-state index in [-0.39, 0.29) is 18.6 Å². The third-order valence-electron chi connectivity index (χ3n) is 3.83. The number of amides is 3. The maximum absolute atomic E-state index is 12.1. The topological polar surface area (TPSA) is 90.0 Å². The van der Waals surface area contributed by atoms with Crippen LogP contribution in [-0.4, -0.2) is 79.6 Å². The molecular weight excluding hydrogens is 296 g/mol. The van der Waals surface area contributed by atoms with Crippen LogP contribution in [0.4, 0.5) is 4.79 Å².